The third-order valence-corrected chi connectivity index (χ3v) is 3.38. The first kappa shape index (κ1) is 12.3. The molecule has 0 aromatic carbocycles. The standard InChI is InChI=1S/C13H20N2O2/c1-17-9-10-4-6-15(7-5-10)13(16)11-2-3-12(14)8-11/h2-4,11-12H,5-9,14H2,1H3. The van der Waals surface area contributed by atoms with Crippen molar-refractivity contribution in [2.75, 3.05) is 26.8 Å². The fourth-order valence-electron chi connectivity index (χ4n) is 2.37. The molecule has 1 amide bonds. The molecule has 2 atom stereocenters. The number of carbonyl (C=O) groups is 1. The van der Waals surface area contributed by atoms with Crippen LogP contribution in [0.5, 0.6) is 0 Å². The molecule has 0 fully saturated rings. The number of nitrogens with two attached hydrogens (primary N) is 1. The number of carbonyl (C=O) groups excluding carboxylic acids is 1. The van der Waals surface area contributed by atoms with Gasteiger partial charge in [0.25, 0.3) is 0 Å². The minimum absolute atomic E-state index is 0.0117. The maximum Gasteiger partial charge on any atom is 0.229 e. The Bertz CT molecular complexity index is 349. The van der Waals surface area contributed by atoms with E-state index in [0.29, 0.717) is 13.2 Å². The van der Waals surface area contributed by atoms with Crippen molar-refractivity contribution in [1.82, 2.24) is 4.90 Å². The van der Waals surface area contributed by atoms with Gasteiger partial charge in [-0.3, -0.25) is 4.79 Å². The van der Waals surface area contributed by atoms with Crippen molar-refractivity contribution in [2.45, 2.75) is 18.9 Å². The summed E-state index contributed by atoms with van der Waals surface area (Å²) in [7, 11) is 1.70. The van der Waals surface area contributed by atoms with Gasteiger partial charge in [0.15, 0.2) is 0 Å². The highest BCUT2D eigenvalue weighted by Gasteiger charge is 2.27. The maximum absolute atomic E-state index is 12.2. The third kappa shape index (κ3) is 2.96. The van der Waals surface area contributed by atoms with Crippen LogP contribution < -0.4 is 5.73 Å². The van der Waals surface area contributed by atoms with Crippen molar-refractivity contribution in [3.8, 4) is 0 Å². The Morgan fingerprint density at radius 2 is 2.41 bits per heavy atom. The Morgan fingerprint density at radius 1 is 1.59 bits per heavy atom. The molecular weight excluding hydrogens is 216 g/mol. The van der Waals surface area contributed by atoms with E-state index >= 15 is 0 Å². The maximum atomic E-state index is 12.2. The molecule has 0 radical (unpaired) electrons. The predicted molar refractivity (Wildman–Crippen MR) is 66.4 cm³/mol. The largest absolute Gasteiger partial charge is 0.380 e. The summed E-state index contributed by atoms with van der Waals surface area (Å²) in [6, 6.07) is 0.0494. The van der Waals surface area contributed by atoms with E-state index in [9.17, 15) is 4.79 Å². The van der Waals surface area contributed by atoms with Crippen molar-refractivity contribution >= 4 is 5.91 Å². The van der Waals surface area contributed by atoms with Gasteiger partial charge in [-0.05, 0) is 18.4 Å². The van der Waals surface area contributed by atoms with E-state index in [4.69, 9.17) is 10.5 Å². The summed E-state index contributed by atoms with van der Waals surface area (Å²) < 4.78 is 5.09. The SMILES string of the molecule is COCC1=CCN(C(=O)C2C=CC(N)C2)CC1. The first-order chi connectivity index (χ1) is 8.20. The number of amides is 1. The minimum Gasteiger partial charge on any atom is -0.380 e. The van der Waals surface area contributed by atoms with Crippen LogP contribution in [0.4, 0.5) is 0 Å². The Hall–Kier alpha value is -1.13. The molecule has 2 N–H and O–H groups in total. The van der Waals surface area contributed by atoms with E-state index in [2.05, 4.69) is 6.08 Å². The molecule has 4 heteroatoms. The van der Waals surface area contributed by atoms with Crippen molar-refractivity contribution in [2.24, 2.45) is 11.7 Å². The van der Waals surface area contributed by atoms with Gasteiger partial charge in [0.2, 0.25) is 5.91 Å². The fraction of sp³-hybridized carbons (Fsp3) is 0.615. The van der Waals surface area contributed by atoms with Crippen LogP contribution in [0, 0.1) is 5.92 Å². The van der Waals surface area contributed by atoms with Crippen LogP contribution in [0.1, 0.15) is 12.8 Å². The summed E-state index contributed by atoms with van der Waals surface area (Å²) in [5, 5.41) is 0. The molecule has 1 heterocycles. The Morgan fingerprint density at radius 3 is 2.94 bits per heavy atom. The molecule has 4 nitrogen and oxygen atoms in total. The molecule has 1 aliphatic carbocycles. The normalized spacial score (nSPS) is 28.4. The molecule has 0 saturated heterocycles. The summed E-state index contributed by atoms with van der Waals surface area (Å²) in [5.41, 5.74) is 7.06. The number of hydrogen-bond acceptors (Lipinski definition) is 3. The van der Waals surface area contributed by atoms with Gasteiger partial charge in [0.05, 0.1) is 12.5 Å². The van der Waals surface area contributed by atoms with Crippen LogP contribution in [0.2, 0.25) is 0 Å². The van der Waals surface area contributed by atoms with E-state index < -0.39 is 0 Å². The van der Waals surface area contributed by atoms with Crippen LogP contribution in [-0.4, -0.2) is 43.7 Å². The second-order valence-corrected chi connectivity index (χ2v) is 4.72. The Balaban J connectivity index is 1.88. The number of ether oxygens (including phenoxy) is 1. The quantitative estimate of drug-likeness (QED) is 0.734. The van der Waals surface area contributed by atoms with E-state index in [-0.39, 0.29) is 17.9 Å². The number of hydrogen-bond donors (Lipinski definition) is 1. The van der Waals surface area contributed by atoms with Crippen molar-refractivity contribution in [3.63, 3.8) is 0 Å². The predicted octanol–water partition coefficient (Wildman–Crippen LogP) is 0.695. The van der Waals surface area contributed by atoms with Gasteiger partial charge in [-0.2, -0.15) is 0 Å². The highest BCUT2D eigenvalue weighted by Crippen LogP contribution is 2.21. The lowest BCUT2D eigenvalue weighted by Gasteiger charge is -2.28. The highest BCUT2D eigenvalue weighted by molar-refractivity contribution is 5.81. The number of nitrogens with zero attached hydrogens (tertiary/aromatic N) is 1. The molecule has 94 valence electrons. The van der Waals surface area contributed by atoms with Gasteiger partial charge in [0.1, 0.15) is 0 Å². The van der Waals surface area contributed by atoms with Crippen LogP contribution in [0.25, 0.3) is 0 Å². The Labute approximate surface area is 102 Å². The van der Waals surface area contributed by atoms with Gasteiger partial charge < -0.3 is 15.4 Å². The monoisotopic (exact) mass is 236 g/mol. The number of methoxy groups -OCH3 is 1. The van der Waals surface area contributed by atoms with Crippen LogP contribution in [-0.2, 0) is 9.53 Å². The van der Waals surface area contributed by atoms with E-state index in [1.165, 1.54) is 5.57 Å². The van der Waals surface area contributed by atoms with E-state index in [1.807, 2.05) is 17.1 Å². The van der Waals surface area contributed by atoms with Gasteiger partial charge in [-0.25, -0.2) is 0 Å². The second kappa shape index (κ2) is 5.47. The smallest absolute Gasteiger partial charge is 0.229 e. The van der Waals surface area contributed by atoms with E-state index in [1.54, 1.807) is 7.11 Å². The molecule has 1 aliphatic heterocycles. The molecule has 17 heavy (non-hydrogen) atoms. The zero-order valence-electron chi connectivity index (χ0n) is 10.3. The summed E-state index contributed by atoms with van der Waals surface area (Å²) in [5.74, 6) is 0.198. The summed E-state index contributed by atoms with van der Waals surface area (Å²) in [6.07, 6.45) is 7.65. The lowest BCUT2D eigenvalue weighted by Crippen LogP contribution is -2.39. The van der Waals surface area contributed by atoms with Crippen molar-refractivity contribution in [1.29, 1.82) is 0 Å². The summed E-state index contributed by atoms with van der Waals surface area (Å²) >= 11 is 0. The molecule has 2 rings (SSSR count). The zero-order chi connectivity index (χ0) is 12.3. The third-order valence-electron chi connectivity index (χ3n) is 3.38. The van der Waals surface area contributed by atoms with E-state index in [0.717, 1.165) is 19.4 Å². The van der Waals surface area contributed by atoms with Crippen molar-refractivity contribution < 1.29 is 9.53 Å². The average molecular weight is 236 g/mol. The lowest BCUT2D eigenvalue weighted by atomic mass is 10.0. The summed E-state index contributed by atoms with van der Waals surface area (Å²) in [4.78, 5) is 14.1. The Kier molecular flexibility index (Phi) is 3.97. The molecule has 0 bridgehead atoms. The molecule has 0 aromatic heterocycles. The van der Waals surface area contributed by atoms with Gasteiger partial charge >= 0.3 is 0 Å². The van der Waals surface area contributed by atoms with Gasteiger partial charge in [-0.15, -0.1) is 0 Å². The van der Waals surface area contributed by atoms with Crippen molar-refractivity contribution in [3.05, 3.63) is 23.8 Å². The second-order valence-electron chi connectivity index (χ2n) is 4.72. The topological polar surface area (TPSA) is 55.6 Å². The molecule has 2 aliphatic rings. The fourth-order valence-corrected chi connectivity index (χ4v) is 2.37. The first-order valence-electron chi connectivity index (χ1n) is 6.10. The molecule has 2 unspecified atom stereocenters. The zero-order valence-corrected chi connectivity index (χ0v) is 10.3. The van der Waals surface area contributed by atoms with Crippen LogP contribution in [0.15, 0.2) is 23.8 Å². The lowest BCUT2D eigenvalue weighted by molar-refractivity contribution is -0.133. The molecule has 0 aromatic rings. The average Bonchev–Trinajstić information content (AvgIpc) is 2.76. The molecular formula is C13H20N2O2. The summed E-state index contributed by atoms with van der Waals surface area (Å²) in [6.45, 7) is 2.18. The first-order valence-corrected chi connectivity index (χ1v) is 6.10. The molecule has 0 spiro atoms. The van der Waals surface area contributed by atoms with Crippen LogP contribution >= 0.6 is 0 Å². The number of rotatable bonds is 3. The van der Waals surface area contributed by atoms with Gasteiger partial charge in [-0.1, -0.05) is 18.2 Å². The molecule has 0 saturated carbocycles. The van der Waals surface area contributed by atoms with Crippen LogP contribution in [0.3, 0.4) is 0 Å². The van der Waals surface area contributed by atoms with Gasteiger partial charge in [0, 0.05) is 26.2 Å². The highest BCUT2D eigenvalue weighted by atomic mass is 16.5. The minimum atomic E-state index is -0.0117.